The molecule has 114 valence electrons. The first-order valence-corrected chi connectivity index (χ1v) is 7.12. The van der Waals surface area contributed by atoms with Crippen molar-refractivity contribution in [1.82, 2.24) is 0 Å². The number of benzene rings is 2. The minimum absolute atomic E-state index is 0.0654. The van der Waals surface area contributed by atoms with Gasteiger partial charge in [0, 0.05) is 5.56 Å². The molecule has 0 aliphatic carbocycles. The van der Waals surface area contributed by atoms with E-state index >= 15 is 0 Å². The van der Waals surface area contributed by atoms with E-state index in [1.54, 1.807) is 24.3 Å². The predicted octanol–water partition coefficient (Wildman–Crippen LogP) is 3.44. The minimum Gasteiger partial charge on any atom is -0.494 e. The number of ether oxygens (including phenoxy) is 2. The minimum atomic E-state index is -0.370. The molecule has 0 aliphatic rings. The number of hydrogen-bond acceptors (Lipinski definition) is 4. The van der Waals surface area contributed by atoms with Crippen molar-refractivity contribution in [3.63, 3.8) is 0 Å². The highest BCUT2D eigenvalue weighted by molar-refractivity contribution is 5.94. The maximum absolute atomic E-state index is 11.9. The van der Waals surface area contributed by atoms with Crippen LogP contribution in [0.2, 0.25) is 0 Å². The molecule has 0 spiro atoms. The van der Waals surface area contributed by atoms with Crippen LogP contribution in [0.25, 0.3) is 0 Å². The van der Waals surface area contributed by atoms with Crippen molar-refractivity contribution >= 4 is 11.8 Å². The fourth-order valence-corrected chi connectivity index (χ4v) is 1.98. The summed E-state index contributed by atoms with van der Waals surface area (Å²) in [4.78, 5) is 23.2. The molecule has 0 radical (unpaired) electrons. The van der Waals surface area contributed by atoms with Crippen molar-refractivity contribution in [2.75, 3.05) is 6.61 Å². The molecule has 0 aromatic heterocycles. The summed E-state index contributed by atoms with van der Waals surface area (Å²) < 4.78 is 10.6. The van der Waals surface area contributed by atoms with Crippen molar-refractivity contribution in [2.24, 2.45) is 0 Å². The Kier molecular flexibility index (Phi) is 5.31. The number of esters is 1. The van der Waals surface area contributed by atoms with Gasteiger partial charge >= 0.3 is 5.97 Å². The first-order valence-electron chi connectivity index (χ1n) is 7.12. The van der Waals surface area contributed by atoms with Crippen LogP contribution in [-0.4, -0.2) is 18.4 Å². The summed E-state index contributed by atoms with van der Waals surface area (Å²) in [6.07, 6.45) is 0.163. The third kappa shape index (κ3) is 4.45. The summed E-state index contributed by atoms with van der Waals surface area (Å²) in [5, 5.41) is 0. The molecule has 0 atom stereocenters. The van der Waals surface area contributed by atoms with Crippen molar-refractivity contribution < 1.29 is 19.1 Å². The van der Waals surface area contributed by atoms with Crippen molar-refractivity contribution in [1.29, 1.82) is 0 Å². The molecule has 0 aliphatic heterocycles. The lowest BCUT2D eigenvalue weighted by molar-refractivity contribution is -0.133. The highest BCUT2D eigenvalue weighted by Gasteiger charge is 2.08. The second-order valence-electron chi connectivity index (χ2n) is 4.81. The average Bonchev–Trinajstić information content (AvgIpc) is 2.49. The van der Waals surface area contributed by atoms with E-state index in [0.29, 0.717) is 17.9 Å². The summed E-state index contributed by atoms with van der Waals surface area (Å²) in [6.45, 7) is 4.00. The van der Waals surface area contributed by atoms with Gasteiger partial charge in [-0.15, -0.1) is 0 Å². The Hall–Kier alpha value is -2.62. The predicted molar refractivity (Wildman–Crippen MR) is 83.4 cm³/mol. The van der Waals surface area contributed by atoms with Crippen LogP contribution >= 0.6 is 0 Å². The molecule has 0 bridgehead atoms. The number of Topliss-reactive ketones (excluding diaryl/α,β-unsaturated/α-hetero) is 1. The maximum Gasteiger partial charge on any atom is 0.315 e. The van der Waals surface area contributed by atoms with E-state index in [9.17, 15) is 9.59 Å². The van der Waals surface area contributed by atoms with Gasteiger partial charge in [0.05, 0.1) is 13.0 Å². The third-order valence-corrected chi connectivity index (χ3v) is 3.06. The summed E-state index contributed by atoms with van der Waals surface area (Å²) in [5.41, 5.74) is 1.36. The molecule has 0 saturated heterocycles. The Bertz CT molecular complexity index is 659. The molecule has 0 N–H and O–H groups in total. The molecule has 0 unspecified atom stereocenters. The molecule has 22 heavy (non-hydrogen) atoms. The molecule has 4 nitrogen and oxygen atoms in total. The highest BCUT2D eigenvalue weighted by Crippen LogP contribution is 2.16. The average molecular weight is 298 g/mol. The molecule has 2 rings (SSSR count). The number of hydrogen-bond donors (Lipinski definition) is 0. The van der Waals surface area contributed by atoms with Crippen LogP contribution in [-0.2, 0) is 11.2 Å². The summed E-state index contributed by atoms with van der Waals surface area (Å²) >= 11 is 0. The van der Waals surface area contributed by atoms with Crippen LogP contribution in [0.1, 0.15) is 29.8 Å². The largest absolute Gasteiger partial charge is 0.494 e. The third-order valence-electron chi connectivity index (χ3n) is 3.06. The molecule has 0 amide bonds. The van der Waals surface area contributed by atoms with Gasteiger partial charge in [-0.05, 0) is 43.7 Å². The second kappa shape index (κ2) is 7.41. The van der Waals surface area contributed by atoms with Crippen LogP contribution in [0, 0.1) is 0 Å². The number of ketones is 1. The Labute approximate surface area is 129 Å². The lowest BCUT2D eigenvalue weighted by Gasteiger charge is -2.07. The van der Waals surface area contributed by atoms with Crippen LogP contribution in [0.4, 0.5) is 0 Å². The second-order valence-corrected chi connectivity index (χ2v) is 4.81. The fourth-order valence-electron chi connectivity index (χ4n) is 1.98. The monoisotopic (exact) mass is 298 g/mol. The van der Waals surface area contributed by atoms with Gasteiger partial charge in [-0.25, -0.2) is 0 Å². The Balaban J connectivity index is 1.97. The molecule has 2 aromatic carbocycles. The summed E-state index contributed by atoms with van der Waals surface area (Å²) in [7, 11) is 0. The fraction of sp³-hybridized carbons (Fsp3) is 0.222. The molecular weight excluding hydrogens is 280 g/mol. The molecule has 2 aromatic rings. The van der Waals surface area contributed by atoms with E-state index < -0.39 is 0 Å². The Morgan fingerprint density at radius 1 is 1.00 bits per heavy atom. The SMILES string of the molecule is CCOc1ccc(CC(=O)Oc2cccc(C(C)=O)c2)cc1. The first kappa shape index (κ1) is 15.8. The topological polar surface area (TPSA) is 52.6 Å². The van der Waals surface area contributed by atoms with E-state index in [4.69, 9.17) is 9.47 Å². The lowest BCUT2D eigenvalue weighted by Crippen LogP contribution is -2.11. The molecule has 0 fully saturated rings. The number of carbonyl (C=O) groups excluding carboxylic acids is 2. The van der Waals surface area contributed by atoms with Gasteiger partial charge in [-0.2, -0.15) is 0 Å². The van der Waals surface area contributed by atoms with Gasteiger partial charge < -0.3 is 9.47 Å². The molecular formula is C18H18O4. The van der Waals surface area contributed by atoms with Gasteiger partial charge in [-0.1, -0.05) is 24.3 Å². The summed E-state index contributed by atoms with van der Waals surface area (Å²) in [6, 6.07) is 13.9. The van der Waals surface area contributed by atoms with Crippen LogP contribution < -0.4 is 9.47 Å². The van der Waals surface area contributed by atoms with E-state index in [0.717, 1.165) is 11.3 Å². The Morgan fingerprint density at radius 2 is 1.73 bits per heavy atom. The molecule has 0 saturated carbocycles. The Morgan fingerprint density at radius 3 is 2.36 bits per heavy atom. The number of rotatable bonds is 6. The highest BCUT2D eigenvalue weighted by atomic mass is 16.5. The molecule has 4 heteroatoms. The first-order chi connectivity index (χ1) is 10.6. The normalized spacial score (nSPS) is 10.1. The van der Waals surface area contributed by atoms with Gasteiger partial charge in [0.15, 0.2) is 5.78 Å². The van der Waals surface area contributed by atoms with Crippen molar-refractivity contribution in [3.8, 4) is 11.5 Å². The zero-order chi connectivity index (χ0) is 15.9. The van der Waals surface area contributed by atoms with Gasteiger partial charge in [0.1, 0.15) is 11.5 Å². The maximum atomic E-state index is 11.9. The van der Waals surface area contributed by atoms with E-state index in [2.05, 4.69) is 0 Å². The quantitative estimate of drug-likeness (QED) is 0.466. The van der Waals surface area contributed by atoms with E-state index in [1.807, 2.05) is 31.2 Å². The molecule has 0 heterocycles. The zero-order valence-electron chi connectivity index (χ0n) is 12.7. The zero-order valence-corrected chi connectivity index (χ0v) is 12.7. The standard InChI is InChI=1S/C18H18O4/c1-3-21-16-9-7-14(8-10-16)11-18(20)22-17-6-4-5-15(12-17)13(2)19/h4-10,12H,3,11H2,1-2H3. The number of carbonyl (C=O) groups is 2. The van der Waals surface area contributed by atoms with Crippen molar-refractivity contribution in [2.45, 2.75) is 20.3 Å². The lowest BCUT2D eigenvalue weighted by atomic mass is 10.1. The van der Waals surface area contributed by atoms with Gasteiger partial charge in [0.2, 0.25) is 0 Å². The smallest absolute Gasteiger partial charge is 0.315 e. The van der Waals surface area contributed by atoms with Crippen molar-refractivity contribution in [3.05, 3.63) is 59.7 Å². The summed E-state index contributed by atoms with van der Waals surface area (Å²) in [5.74, 6) is 0.715. The van der Waals surface area contributed by atoms with Crippen LogP contribution in [0.15, 0.2) is 48.5 Å². The van der Waals surface area contributed by atoms with Gasteiger partial charge in [-0.3, -0.25) is 9.59 Å². The van der Waals surface area contributed by atoms with Gasteiger partial charge in [0.25, 0.3) is 0 Å². The van der Waals surface area contributed by atoms with E-state index in [1.165, 1.54) is 6.92 Å². The van der Waals surface area contributed by atoms with Crippen LogP contribution in [0.3, 0.4) is 0 Å². The van der Waals surface area contributed by atoms with E-state index in [-0.39, 0.29) is 18.2 Å². The van der Waals surface area contributed by atoms with Crippen LogP contribution in [0.5, 0.6) is 11.5 Å².